The largest absolute Gasteiger partial charge is 0.378 e. The molecule has 0 heterocycles. The molecule has 0 bridgehead atoms. The second-order valence-corrected chi connectivity index (χ2v) is 3.45. The molecule has 0 rings (SSSR count). The van der Waals surface area contributed by atoms with Crippen molar-refractivity contribution in [3.63, 3.8) is 0 Å². The zero-order valence-corrected chi connectivity index (χ0v) is 8.81. The van der Waals surface area contributed by atoms with E-state index in [0.29, 0.717) is 6.61 Å². The summed E-state index contributed by atoms with van der Waals surface area (Å²) in [7, 11) is 0. The van der Waals surface area contributed by atoms with Crippen LogP contribution in [-0.4, -0.2) is 26.1 Å². The molecule has 0 amide bonds. The topological polar surface area (TPSA) is 9.23 Å². The summed E-state index contributed by atoms with van der Waals surface area (Å²) >= 11 is 0. The molecular formula is C11H21F2O. The fourth-order valence-corrected chi connectivity index (χ4v) is 1.17. The van der Waals surface area contributed by atoms with Crippen molar-refractivity contribution in [3.05, 3.63) is 6.92 Å². The van der Waals surface area contributed by atoms with E-state index in [-0.39, 0.29) is 6.61 Å². The lowest BCUT2D eigenvalue weighted by molar-refractivity contribution is 0.0673. The maximum Gasteiger partial charge on any atom is 0.151 e. The standard InChI is InChI=1S/C11H21F2O/c1-2-3-4-5-6-7-8-14-10-11(13)9-12/h11H,1-10H2. The fourth-order valence-electron chi connectivity index (χ4n) is 1.17. The molecule has 0 spiro atoms. The van der Waals surface area contributed by atoms with Crippen LogP contribution in [0.2, 0.25) is 0 Å². The van der Waals surface area contributed by atoms with E-state index in [1.807, 2.05) is 0 Å². The zero-order valence-electron chi connectivity index (χ0n) is 8.81. The minimum atomic E-state index is -1.44. The summed E-state index contributed by atoms with van der Waals surface area (Å²) in [6, 6.07) is 0. The minimum Gasteiger partial charge on any atom is -0.378 e. The quantitative estimate of drug-likeness (QED) is 0.498. The lowest BCUT2D eigenvalue weighted by Gasteiger charge is -2.05. The van der Waals surface area contributed by atoms with Crippen LogP contribution in [0.4, 0.5) is 8.78 Å². The van der Waals surface area contributed by atoms with E-state index in [1.165, 1.54) is 19.3 Å². The van der Waals surface area contributed by atoms with Crippen LogP contribution in [0.1, 0.15) is 38.5 Å². The second kappa shape index (κ2) is 10.9. The normalized spacial score (nSPS) is 13.1. The molecule has 85 valence electrons. The van der Waals surface area contributed by atoms with Crippen molar-refractivity contribution in [3.8, 4) is 0 Å². The van der Waals surface area contributed by atoms with Crippen LogP contribution in [0.25, 0.3) is 0 Å². The van der Waals surface area contributed by atoms with Crippen molar-refractivity contribution in [2.75, 3.05) is 19.9 Å². The summed E-state index contributed by atoms with van der Waals surface area (Å²) in [5.41, 5.74) is 0. The first-order chi connectivity index (χ1) is 6.81. The van der Waals surface area contributed by atoms with Crippen LogP contribution in [0.3, 0.4) is 0 Å². The van der Waals surface area contributed by atoms with Gasteiger partial charge in [-0.05, 0) is 6.42 Å². The van der Waals surface area contributed by atoms with Gasteiger partial charge in [0.1, 0.15) is 6.67 Å². The fraction of sp³-hybridized carbons (Fsp3) is 0.909. The van der Waals surface area contributed by atoms with Gasteiger partial charge in [-0.2, -0.15) is 0 Å². The first-order valence-electron chi connectivity index (χ1n) is 5.38. The molecule has 0 saturated carbocycles. The van der Waals surface area contributed by atoms with E-state index >= 15 is 0 Å². The molecule has 0 aliphatic carbocycles. The van der Waals surface area contributed by atoms with Gasteiger partial charge in [0.2, 0.25) is 0 Å². The summed E-state index contributed by atoms with van der Waals surface area (Å²) in [4.78, 5) is 0. The molecule has 1 atom stereocenters. The second-order valence-electron chi connectivity index (χ2n) is 3.45. The number of halogens is 2. The Balaban J connectivity index is 2.92. The Hall–Kier alpha value is -0.180. The Kier molecular flexibility index (Phi) is 10.8. The van der Waals surface area contributed by atoms with Crippen molar-refractivity contribution >= 4 is 0 Å². The van der Waals surface area contributed by atoms with Gasteiger partial charge in [-0.15, -0.1) is 0 Å². The third kappa shape index (κ3) is 9.90. The van der Waals surface area contributed by atoms with E-state index in [9.17, 15) is 8.78 Å². The molecule has 1 nitrogen and oxygen atoms in total. The Morgan fingerprint density at radius 1 is 1.07 bits per heavy atom. The van der Waals surface area contributed by atoms with Gasteiger partial charge in [0, 0.05) is 6.61 Å². The van der Waals surface area contributed by atoms with Gasteiger partial charge in [-0.3, -0.25) is 0 Å². The predicted molar refractivity (Wildman–Crippen MR) is 54.7 cm³/mol. The van der Waals surface area contributed by atoms with Crippen LogP contribution < -0.4 is 0 Å². The van der Waals surface area contributed by atoms with Gasteiger partial charge in [0.15, 0.2) is 6.17 Å². The summed E-state index contributed by atoms with van der Waals surface area (Å²) < 4.78 is 28.9. The molecule has 3 heteroatoms. The Morgan fingerprint density at radius 3 is 2.36 bits per heavy atom. The highest BCUT2D eigenvalue weighted by atomic mass is 19.2. The van der Waals surface area contributed by atoms with Crippen LogP contribution in [0, 0.1) is 6.92 Å². The first kappa shape index (κ1) is 13.8. The number of ether oxygens (including phenoxy) is 1. The molecule has 0 fully saturated rings. The Bertz CT molecular complexity index is 109. The van der Waals surface area contributed by atoms with Crippen LogP contribution >= 0.6 is 0 Å². The average Bonchev–Trinajstić information content (AvgIpc) is 2.21. The molecule has 14 heavy (non-hydrogen) atoms. The van der Waals surface area contributed by atoms with Crippen LogP contribution in [-0.2, 0) is 4.74 Å². The van der Waals surface area contributed by atoms with Crippen molar-refractivity contribution < 1.29 is 13.5 Å². The Labute approximate surface area is 85.8 Å². The SMILES string of the molecule is [CH2]CCCCCCCOCC(F)CF. The third-order valence-corrected chi connectivity index (χ3v) is 2.00. The van der Waals surface area contributed by atoms with E-state index in [1.54, 1.807) is 0 Å². The van der Waals surface area contributed by atoms with E-state index in [2.05, 4.69) is 6.92 Å². The number of alkyl halides is 2. The predicted octanol–water partition coefficient (Wildman–Crippen LogP) is 3.49. The highest BCUT2D eigenvalue weighted by molar-refractivity contribution is 4.50. The number of hydrogen-bond acceptors (Lipinski definition) is 1. The lowest BCUT2D eigenvalue weighted by Crippen LogP contribution is -2.12. The number of unbranched alkanes of at least 4 members (excludes halogenated alkanes) is 5. The van der Waals surface area contributed by atoms with Gasteiger partial charge >= 0.3 is 0 Å². The summed E-state index contributed by atoms with van der Waals surface area (Å²) in [6.45, 7) is 3.26. The number of hydrogen-bond donors (Lipinski definition) is 0. The van der Waals surface area contributed by atoms with Gasteiger partial charge in [-0.1, -0.05) is 39.0 Å². The zero-order chi connectivity index (χ0) is 10.6. The maximum absolute atomic E-state index is 12.3. The third-order valence-electron chi connectivity index (χ3n) is 2.00. The van der Waals surface area contributed by atoms with Crippen molar-refractivity contribution in [1.82, 2.24) is 0 Å². The Morgan fingerprint density at radius 2 is 1.71 bits per heavy atom. The monoisotopic (exact) mass is 207 g/mol. The van der Waals surface area contributed by atoms with E-state index in [0.717, 1.165) is 19.3 Å². The molecule has 1 unspecified atom stereocenters. The van der Waals surface area contributed by atoms with Crippen molar-refractivity contribution in [2.45, 2.75) is 44.7 Å². The lowest BCUT2D eigenvalue weighted by atomic mass is 10.1. The van der Waals surface area contributed by atoms with Gasteiger partial charge in [-0.25, -0.2) is 8.78 Å². The number of rotatable bonds is 10. The first-order valence-corrected chi connectivity index (χ1v) is 5.38. The molecule has 0 aliphatic heterocycles. The molecule has 0 aromatic carbocycles. The molecule has 0 aliphatic rings. The highest BCUT2D eigenvalue weighted by Gasteiger charge is 2.04. The van der Waals surface area contributed by atoms with Crippen LogP contribution in [0.5, 0.6) is 0 Å². The van der Waals surface area contributed by atoms with Crippen molar-refractivity contribution in [1.29, 1.82) is 0 Å². The van der Waals surface area contributed by atoms with Gasteiger partial charge < -0.3 is 4.74 Å². The average molecular weight is 207 g/mol. The molecule has 0 N–H and O–H groups in total. The summed E-state index contributed by atoms with van der Waals surface area (Å²) in [5, 5.41) is 0. The van der Waals surface area contributed by atoms with E-state index < -0.39 is 12.8 Å². The minimum absolute atomic E-state index is 0.102. The smallest absolute Gasteiger partial charge is 0.151 e. The molecule has 0 aromatic heterocycles. The summed E-state index contributed by atoms with van der Waals surface area (Å²) in [6.07, 6.45) is 5.16. The molecule has 1 radical (unpaired) electrons. The maximum atomic E-state index is 12.3. The molecule has 0 aromatic rings. The molecular weight excluding hydrogens is 186 g/mol. The van der Waals surface area contributed by atoms with Gasteiger partial charge in [0.05, 0.1) is 6.61 Å². The van der Waals surface area contributed by atoms with Crippen LogP contribution in [0.15, 0.2) is 0 Å². The van der Waals surface area contributed by atoms with E-state index in [4.69, 9.17) is 4.74 Å². The summed E-state index contributed by atoms with van der Waals surface area (Å²) in [5.74, 6) is 0. The molecule has 0 saturated heterocycles. The highest BCUT2D eigenvalue weighted by Crippen LogP contribution is 2.05. The van der Waals surface area contributed by atoms with Crippen molar-refractivity contribution in [2.24, 2.45) is 0 Å². The van der Waals surface area contributed by atoms with Gasteiger partial charge in [0.25, 0.3) is 0 Å².